The van der Waals surface area contributed by atoms with Gasteiger partial charge in [0.05, 0.1) is 12.1 Å². The second-order valence-corrected chi connectivity index (χ2v) is 4.44. The topological polar surface area (TPSA) is 61.7 Å². The molecule has 0 saturated carbocycles. The van der Waals surface area contributed by atoms with Crippen molar-refractivity contribution in [3.8, 4) is 5.75 Å². The summed E-state index contributed by atoms with van der Waals surface area (Å²) < 4.78 is 0. The first-order chi connectivity index (χ1) is 9.65. The molecule has 0 heterocycles. The number of rotatable bonds is 4. The highest BCUT2D eigenvalue weighted by atomic mass is 16.3. The molecule has 0 aromatic heterocycles. The number of hydrazone groups is 1. The molecule has 0 aliphatic carbocycles. The largest absolute Gasteiger partial charge is 0.508 e. The summed E-state index contributed by atoms with van der Waals surface area (Å²) in [6.45, 7) is 1.80. The van der Waals surface area contributed by atoms with Gasteiger partial charge in [-0.2, -0.15) is 5.10 Å². The van der Waals surface area contributed by atoms with Crippen molar-refractivity contribution in [2.45, 2.75) is 13.3 Å². The lowest BCUT2D eigenvalue weighted by Crippen LogP contribution is -2.21. The molecule has 2 aromatic carbocycles. The van der Waals surface area contributed by atoms with E-state index in [1.165, 1.54) is 0 Å². The normalized spacial score (nSPS) is 11.2. The quantitative estimate of drug-likeness (QED) is 0.661. The Morgan fingerprint density at radius 2 is 1.75 bits per heavy atom. The zero-order valence-corrected chi connectivity index (χ0v) is 11.2. The number of aromatic hydroxyl groups is 1. The summed E-state index contributed by atoms with van der Waals surface area (Å²) >= 11 is 0. The predicted octanol–water partition coefficient (Wildman–Crippen LogP) is 2.48. The highest BCUT2D eigenvalue weighted by Gasteiger charge is 2.02. The van der Waals surface area contributed by atoms with Crippen LogP contribution in [-0.4, -0.2) is 16.7 Å². The van der Waals surface area contributed by atoms with Gasteiger partial charge in [0.2, 0.25) is 5.91 Å². The Bertz CT molecular complexity index is 604. The summed E-state index contributed by atoms with van der Waals surface area (Å²) in [6.07, 6.45) is 0.299. The van der Waals surface area contributed by atoms with Crippen LogP contribution in [0.25, 0.3) is 0 Å². The van der Waals surface area contributed by atoms with Crippen molar-refractivity contribution < 1.29 is 9.90 Å². The van der Waals surface area contributed by atoms with Crippen molar-refractivity contribution in [1.82, 2.24) is 5.43 Å². The fourth-order valence-corrected chi connectivity index (χ4v) is 1.73. The van der Waals surface area contributed by atoms with Gasteiger partial charge in [-0.15, -0.1) is 0 Å². The number of carbonyl (C=O) groups is 1. The van der Waals surface area contributed by atoms with Gasteiger partial charge in [0, 0.05) is 0 Å². The maximum Gasteiger partial charge on any atom is 0.244 e. The molecule has 0 unspecified atom stereocenters. The van der Waals surface area contributed by atoms with E-state index in [0.29, 0.717) is 12.1 Å². The Hall–Kier alpha value is -2.62. The first-order valence-electron chi connectivity index (χ1n) is 6.31. The molecule has 0 bridgehead atoms. The van der Waals surface area contributed by atoms with Crippen LogP contribution in [0.1, 0.15) is 18.1 Å². The van der Waals surface area contributed by atoms with Gasteiger partial charge in [-0.05, 0) is 42.3 Å². The summed E-state index contributed by atoms with van der Waals surface area (Å²) in [7, 11) is 0. The van der Waals surface area contributed by atoms with E-state index < -0.39 is 0 Å². The van der Waals surface area contributed by atoms with Crippen molar-refractivity contribution in [2.75, 3.05) is 0 Å². The molecule has 4 heteroatoms. The third-order valence-corrected chi connectivity index (χ3v) is 2.84. The van der Waals surface area contributed by atoms with E-state index in [4.69, 9.17) is 0 Å². The average molecular weight is 268 g/mol. The van der Waals surface area contributed by atoms with Crippen LogP contribution < -0.4 is 5.43 Å². The Balaban J connectivity index is 1.95. The summed E-state index contributed by atoms with van der Waals surface area (Å²) in [4.78, 5) is 11.7. The number of nitrogens with one attached hydrogen (secondary N) is 1. The van der Waals surface area contributed by atoms with Crippen LogP contribution in [0.4, 0.5) is 0 Å². The number of hydrogen-bond donors (Lipinski definition) is 2. The molecule has 102 valence electrons. The van der Waals surface area contributed by atoms with Crippen molar-refractivity contribution in [3.05, 3.63) is 65.7 Å². The van der Waals surface area contributed by atoms with Crippen molar-refractivity contribution in [2.24, 2.45) is 5.10 Å². The number of phenolic OH excluding ortho intramolecular Hbond substituents is 1. The smallest absolute Gasteiger partial charge is 0.244 e. The minimum absolute atomic E-state index is 0.158. The number of benzene rings is 2. The molecule has 2 aromatic rings. The van der Waals surface area contributed by atoms with E-state index in [0.717, 1.165) is 11.1 Å². The van der Waals surface area contributed by atoms with E-state index in [2.05, 4.69) is 10.5 Å². The molecule has 0 saturated heterocycles. The molecule has 0 atom stereocenters. The molecule has 2 rings (SSSR count). The van der Waals surface area contributed by atoms with E-state index in [-0.39, 0.29) is 11.7 Å². The van der Waals surface area contributed by atoms with Crippen LogP contribution in [0.5, 0.6) is 5.75 Å². The zero-order valence-electron chi connectivity index (χ0n) is 11.2. The Labute approximate surface area is 117 Å². The molecule has 0 radical (unpaired) electrons. The second kappa shape index (κ2) is 6.52. The van der Waals surface area contributed by atoms with E-state index in [1.54, 1.807) is 31.2 Å². The second-order valence-electron chi connectivity index (χ2n) is 4.44. The molecule has 0 aliphatic rings. The lowest BCUT2D eigenvalue weighted by molar-refractivity contribution is -0.120. The van der Waals surface area contributed by atoms with Crippen molar-refractivity contribution in [3.63, 3.8) is 0 Å². The SMILES string of the molecule is C/C(=N\NC(=O)Cc1ccccc1)c1ccc(O)cc1. The van der Waals surface area contributed by atoms with Crippen LogP contribution >= 0.6 is 0 Å². The van der Waals surface area contributed by atoms with Crippen LogP contribution in [0.2, 0.25) is 0 Å². The minimum atomic E-state index is -0.158. The predicted molar refractivity (Wildman–Crippen MR) is 78.6 cm³/mol. The molecule has 0 aliphatic heterocycles. The molecule has 0 fully saturated rings. The van der Waals surface area contributed by atoms with Crippen molar-refractivity contribution >= 4 is 11.6 Å². The summed E-state index contributed by atoms with van der Waals surface area (Å²) in [5.74, 6) is 0.0454. The van der Waals surface area contributed by atoms with Gasteiger partial charge in [-0.1, -0.05) is 30.3 Å². The zero-order chi connectivity index (χ0) is 14.4. The molecular weight excluding hydrogens is 252 g/mol. The highest BCUT2D eigenvalue weighted by Crippen LogP contribution is 2.10. The first-order valence-corrected chi connectivity index (χ1v) is 6.31. The van der Waals surface area contributed by atoms with Gasteiger partial charge in [0.15, 0.2) is 0 Å². The van der Waals surface area contributed by atoms with Gasteiger partial charge in [0.25, 0.3) is 0 Å². The Kier molecular flexibility index (Phi) is 4.50. The maximum atomic E-state index is 11.7. The number of carbonyl (C=O) groups excluding carboxylic acids is 1. The van der Waals surface area contributed by atoms with E-state index in [1.807, 2.05) is 30.3 Å². The maximum absolute atomic E-state index is 11.7. The van der Waals surface area contributed by atoms with Gasteiger partial charge < -0.3 is 5.11 Å². The molecule has 1 amide bonds. The number of hydrogen-bond acceptors (Lipinski definition) is 3. The van der Waals surface area contributed by atoms with Crippen LogP contribution in [-0.2, 0) is 11.2 Å². The molecular formula is C16H16N2O2. The third kappa shape index (κ3) is 3.95. The molecule has 2 N–H and O–H groups in total. The summed E-state index contributed by atoms with van der Waals surface area (Å²) in [5.41, 5.74) is 5.01. The van der Waals surface area contributed by atoms with Crippen molar-refractivity contribution in [1.29, 1.82) is 0 Å². The monoisotopic (exact) mass is 268 g/mol. The van der Waals surface area contributed by atoms with Gasteiger partial charge in [-0.3, -0.25) is 4.79 Å². The number of phenols is 1. The molecule has 0 spiro atoms. The van der Waals surface area contributed by atoms with E-state index >= 15 is 0 Å². The molecule has 20 heavy (non-hydrogen) atoms. The standard InChI is InChI=1S/C16H16N2O2/c1-12(14-7-9-15(19)10-8-14)17-18-16(20)11-13-5-3-2-4-6-13/h2-10,19H,11H2,1H3,(H,18,20)/b17-12+. The lowest BCUT2D eigenvalue weighted by Gasteiger charge is -2.03. The molecule has 4 nitrogen and oxygen atoms in total. The Morgan fingerprint density at radius 1 is 1.10 bits per heavy atom. The lowest BCUT2D eigenvalue weighted by atomic mass is 10.1. The first kappa shape index (κ1) is 13.8. The fourth-order valence-electron chi connectivity index (χ4n) is 1.73. The summed E-state index contributed by atoms with van der Waals surface area (Å²) in [6, 6.07) is 16.2. The van der Waals surface area contributed by atoms with Gasteiger partial charge in [0.1, 0.15) is 5.75 Å². The van der Waals surface area contributed by atoms with Crippen LogP contribution in [0.3, 0.4) is 0 Å². The number of nitrogens with zero attached hydrogens (tertiary/aromatic N) is 1. The van der Waals surface area contributed by atoms with Gasteiger partial charge >= 0.3 is 0 Å². The average Bonchev–Trinajstić information content (AvgIpc) is 2.46. The Morgan fingerprint density at radius 3 is 2.40 bits per heavy atom. The van der Waals surface area contributed by atoms with E-state index in [9.17, 15) is 9.90 Å². The number of amides is 1. The highest BCUT2D eigenvalue weighted by molar-refractivity contribution is 5.99. The third-order valence-electron chi connectivity index (χ3n) is 2.84. The van der Waals surface area contributed by atoms with Crippen LogP contribution in [0, 0.1) is 0 Å². The summed E-state index contributed by atoms with van der Waals surface area (Å²) in [5, 5.41) is 13.3. The fraction of sp³-hybridized carbons (Fsp3) is 0.125. The minimum Gasteiger partial charge on any atom is -0.508 e. The van der Waals surface area contributed by atoms with Crippen LogP contribution in [0.15, 0.2) is 59.7 Å². The van der Waals surface area contributed by atoms with Gasteiger partial charge in [-0.25, -0.2) is 5.43 Å².